The molecule has 0 bridgehead atoms. The van der Waals surface area contributed by atoms with Gasteiger partial charge in [0.15, 0.2) is 0 Å². The quantitative estimate of drug-likeness (QED) is 0.911. The number of hydrogen-bond donors (Lipinski definition) is 1. The molecule has 2 N–H and O–H groups in total. The zero-order valence-corrected chi connectivity index (χ0v) is 10.9. The van der Waals surface area contributed by atoms with Crippen molar-refractivity contribution in [1.82, 2.24) is 0 Å². The molecule has 2 rings (SSSR count). The lowest BCUT2D eigenvalue weighted by Gasteiger charge is -2.26. The predicted octanol–water partition coefficient (Wildman–Crippen LogP) is 2.84. The van der Waals surface area contributed by atoms with Crippen molar-refractivity contribution in [2.24, 2.45) is 17.6 Å². The monoisotopic (exact) mass is 267 g/mol. The van der Waals surface area contributed by atoms with E-state index in [1.165, 1.54) is 12.1 Å². The first-order chi connectivity index (χ1) is 9.10. The van der Waals surface area contributed by atoms with Gasteiger partial charge in [-0.15, -0.1) is 0 Å². The van der Waals surface area contributed by atoms with Crippen LogP contribution in [0.2, 0.25) is 0 Å². The van der Waals surface area contributed by atoms with E-state index in [2.05, 4.69) is 0 Å². The largest absolute Gasteiger partial charge is 0.330 e. The minimum Gasteiger partial charge on any atom is -0.330 e. The van der Waals surface area contributed by atoms with Crippen LogP contribution in [0.15, 0.2) is 18.2 Å². The molecule has 0 aromatic heterocycles. The van der Waals surface area contributed by atoms with E-state index < -0.39 is 11.6 Å². The number of carbonyl (C=O) groups is 1. The molecule has 0 saturated heterocycles. The van der Waals surface area contributed by atoms with E-state index in [1.807, 2.05) is 0 Å². The fourth-order valence-electron chi connectivity index (χ4n) is 2.72. The standard InChI is InChI=1S/C15H19F2NO/c16-13-6-5-12(14(17)8-13)7-15(19)11-3-1-10(9-18)2-4-11/h5-6,8,10-11H,1-4,7,9,18H2. The third-order valence-electron chi connectivity index (χ3n) is 4.02. The van der Waals surface area contributed by atoms with Crippen molar-refractivity contribution in [3.05, 3.63) is 35.4 Å². The SMILES string of the molecule is NCC1CCC(C(=O)Cc2ccc(F)cc2F)CC1. The molecule has 1 saturated carbocycles. The van der Waals surface area contributed by atoms with E-state index in [9.17, 15) is 13.6 Å². The Morgan fingerprint density at radius 3 is 2.47 bits per heavy atom. The van der Waals surface area contributed by atoms with Gasteiger partial charge in [-0.3, -0.25) is 4.79 Å². The number of nitrogens with two attached hydrogens (primary N) is 1. The number of ketones is 1. The number of rotatable bonds is 4. The highest BCUT2D eigenvalue weighted by Gasteiger charge is 2.26. The topological polar surface area (TPSA) is 43.1 Å². The molecule has 0 unspecified atom stereocenters. The molecule has 0 heterocycles. The molecule has 1 fully saturated rings. The Labute approximate surface area is 112 Å². The summed E-state index contributed by atoms with van der Waals surface area (Å²) in [6.45, 7) is 0.674. The minimum atomic E-state index is -0.635. The Bertz CT molecular complexity index is 453. The highest BCUT2D eigenvalue weighted by molar-refractivity contribution is 5.83. The highest BCUT2D eigenvalue weighted by Crippen LogP contribution is 2.29. The van der Waals surface area contributed by atoms with Crippen LogP contribution < -0.4 is 5.73 Å². The number of hydrogen-bond acceptors (Lipinski definition) is 2. The first kappa shape index (κ1) is 14.1. The summed E-state index contributed by atoms with van der Waals surface area (Å²) < 4.78 is 26.3. The lowest BCUT2D eigenvalue weighted by Crippen LogP contribution is -2.26. The van der Waals surface area contributed by atoms with Gasteiger partial charge in [-0.05, 0) is 49.8 Å². The van der Waals surface area contributed by atoms with Crippen LogP contribution in [0.3, 0.4) is 0 Å². The Hall–Kier alpha value is -1.29. The highest BCUT2D eigenvalue weighted by atomic mass is 19.1. The lowest BCUT2D eigenvalue weighted by molar-refractivity contribution is -0.123. The molecular weight excluding hydrogens is 248 g/mol. The molecule has 0 aliphatic heterocycles. The Morgan fingerprint density at radius 2 is 1.89 bits per heavy atom. The van der Waals surface area contributed by atoms with Crippen LogP contribution in [-0.2, 0) is 11.2 Å². The molecule has 104 valence electrons. The van der Waals surface area contributed by atoms with Gasteiger partial charge in [0.1, 0.15) is 17.4 Å². The second kappa shape index (κ2) is 6.24. The third-order valence-corrected chi connectivity index (χ3v) is 4.02. The van der Waals surface area contributed by atoms with Crippen LogP contribution in [0.5, 0.6) is 0 Å². The molecule has 0 amide bonds. The van der Waals surface area contributed by atoms with Crippen LogP contribution in [-0.4, -0.2) is 12.3 Å². The summed E-state index contributed by atoms with van der Waals surface area (Å²) in [5.41, 5.74) is 5.90. The van der Waals surface area contributed by atoms with Crippen LogP contribution in [0.4, 0.5) is 8.78 Å². The van der Waals surface area contributed by atoms with E-state index in [0.29, 0.717) is 12.5 Å². The van der Waals surface area contributed by atoms with Gasteiger partial charge in [0.25, 0.3) is 0 Å². The summed E-state index contributed by atoms with van der Waals surface area (Å²) in [5.74, 6) is -0.666. The van der Waals surface area contributed by atoms with Gasteiger partial charge in [-0.1, -0.05) is 6.07 Å². The maximum absolute atomic E-state index is 13.5. The molecular formula is C15H19F2NO. The Morgan fingerprint density at radius 1 is 1.21 bits per heavy atom. The van der Waals surface area contributed by atoms with E-state index >= 15 is 0 Å². The third kappa shape index (κ3) is 3.60. The van der Waals surface area contributed by atoms with Crippen molar-refractivity contribution in [1.29, 1.82) is 0 Å². The van der Waals surface area contributed by atoms with Gasteiger partial charge in [-0.2, -0.15) is 0 Å². The number of halogens is 2. The van der Waals surface area contributed by atoms with E-state index in [0.717, 1.165) is 31.7 Å². The van der Waals surface area contributed by atoms with Crippen molar-refractivity contribution in [3.63, 3.8) is 0 Å². The number of carbonyl (C=O) groups excluding carboxylic acids is 1. The van der Waals surface area contributed by atoms with Crippen LogP contribution in [0.1, 0.15) is 31.2 Å². The van der Waals surface area contributed by atoms with Crippen molar-refractivity contribution in [2.45, 2.75) is 32.1 Å². The van der Waals surface area contributed by atoms with Gasteiger partial charge >= 0.3 is 0 Å². The molecule has 0 atom stereocenters. The summed E-state index contributed by atoms with van der Waals surface area (Å²) in [4.78, 5) is 12.1. The summed E-state index contributed by atoms with van der Waals surface area (Å²) in [7, 11) is 0. The molecule has 4 heteroatoms. The molecule has 1 aliphatic rings. The van der Waals surface area contributed by atoms with Crippen LogP contribution in [0.25, 0.3) is 0 Å². The van der Waals surface area contributed by atoms with Gasteiger partial charge in [-0.25, -0.2) is 8.78 Å². The average Bonchev–Trinajstić information content (AvgIpc) is 2.42. The van der Waals surface area contributed by atoms with Crippen molar-refractivity contribution < 1.29 is 13.6 Å². The van der Waals surface area contributed by atoms with Gasteiger partial charge in [0.05, 0.1) is 0 Å². The fourth-order valence-corrected chi connectivity index (χ4v) is 2.72. The number of Topliss-reactive ketones (excluding diaryl/α,β-unsaturated/α-hetero) is 1. The van der Waals surface area contributed by atoms with Crippen molar-refractivity contribution >= 4 is 5.78 Å². The first-order valence-electron chi connectivity index (χ1n) is 6.77. The second-order valence-electron chi connectivity index (χ2n) is 5.33. The molecule has 1 aromatic carbocycles. The second-order valence-corrected chi connectivity index (χ2v) is 5.33. The molecule has 19 heavy (non-hydrogen) atoms. The van der Waals surface area contributed by atoms with Gasteiger partial charge < -0.3 is 5.73 Å². The molecule has 1 aliphatic carbocycles. The van der Waals surface area contributed by atoms with Gasteiger partial charge in [0, 0.05) is 18.4 Å². The van der Waals surface area contributed by atoms with Crippen LogP contribution in [0, 0.1) is 23.5 Å². The fraction of sp³-hybridized carbons (Fsp3) is 0.533. The normalized spacial score (nSPS) is 23.3. The molecule has 2 nitrogen and oxygen atoms in total. The number of benzene rings is 1. The van der Waals surface area contributed by atoms with E-state index in [1.54, 1.807) is 0 Å². The summed E-state index contributed by atoms with van der Waals surface area (Å²) in [6.07, 6.45) is 3.68. The minimum absolute atomic E-state index is 0.00672. The zero-order chi connectivity index (χ0) is 13.8. The Kier molecular flexibility index (Phi) is 4.64. The van der Waals surface area contributed by atoms with Gasteiger partial charge in [0.2, 0.25) is 0 Å². The lowest BCUT2D eigenvalue weighted by atomic mass is 9.79. The van der Waals surface area contributed by atoms with Crippen molar-refractivity contribution in [3.8, 4) is 0 Å². The summed E-state index contributed by atoms with van der Waals surface area (Å²) in [5, 5.41) is 0. The Balaban J connectivity index is 1.94. The van der Waals surface area contributed by atoms with E-state index in [-0.39, 0.29) is 23.7 Å². The average molecular weight is 267 g/mol. The smallest absolute Gasteiger partial charge is 0.140 e. The first-order valence-corrected chi connectivity index (χ1v) is 6.77. The van der Waals surface area contributed by atoms with Crippen molar-refractivity contribution in [2.75, 3.05) is 6.54 Å². The summed E-state index contributed by atoms with van der Waals surface area (Å²) >= 11 is 0. The molecule has 0 spiro atoms. The zero-order valence-electron chi connectivity index (χ0n) is 10.9. The maximum Gasteiger partial charge on any atom is 0.140 e. The van der Waals surface area contributed by atoms with E-state index in [4.69, 9.17) is 5.73 Å². The summed E-state index contributed by atoms with van der Waals surface area (Å²) in [6, 6.07) is 3.37. The maximum atomic E-state index is 13.5. The molecule has 1 aromatic rings. The predicted molar refractivity (Wildman–Crippen MR) is 69.6 cm³/mol. The van der Waals surface area contributed by atoms with Crippen LogP contribution >= 0.6 is 0 Å². The molecule has 0 radical (unpaired) electrons.